The highest BCUT2D eigenvalue weighted by Crippen LogP contribution is 2.15. The second-order valence-electron chi connectivity index (χ2n) is 6.58. The molecule has 1 amide bonds. The van der Waals surface area contributed by atoms with Crippen molar-refractivity contribution in [3.05, 3.63) is 22.7 Å². The highest BCUT2D eigenvalue weighted by Gasteiger charge is 2.29. The molecule has 0 spiro atoms. The molecular weight excluding hydrogens is 310 g/mol. The number of aryl methyl sites for hydroxylation is 1. The third kappa shape index (κ3) is 3.76. The van der Waals surface area contributed by atoms with Gasteiger partial charge in [0.05, 0.1) is 6.61 Å². The molecule has 1 aromatic heterocycles. The van der Waals surface area contributed by atoms with Gasteiger partial charge in [-0.05, 0) is 19.9 Å². The predicted octanol–water partition coefficient (Wildman–Crippen LogP) is -0.804. The van der Waals surface area contributed by atoms with E-state index in [0.717, 1.165) is 25.9 Å². The number of hydrogen-bond donors (Lipinski definition) is 1. The Hall–Kier alpha value is -1.93. The van der Waals surface area contributed by atoms with Crippen LogP contribution in [-0.2, 0) is 16.6 Å². The van der Waals surface area contributed by atoms with E-state index < -0.39 is 6.10 Å². The van der Waals surface area contributed by atoms with Crippen LogP contribution in [0.4, 0.5) is 5.82 Å². The topological polar surface area (TPSA) is 79.7 Å². The minimum Gasteiger partial charge on any atom is -0.366 e. The van der Waals surface area contributed by atoms with E-state index in [2.05, 4.69) is 15.2 Å². The summed E-state index contributed by atoms with van der Waals surface area (Å²) in [7, 11) is 3.70. The Kier molecular flexibility index (Phi) is 5.15. The normalized spacial score (nSPS) is 25.5. The Bertz CT molecular complexity index is 647. The minimum atomic E-state index is -0.415. The van der Waals surface area contributed by atoms with Crippen LogP contribution < -0.4 is 15.8 Å². The summed E-state index contributed by atoms with van der Waals surface area (Å²) in [4.78, 5) is 32.9. The monoisotopic (exact) mass is 335 g/mol. The molecule has 2 aliphatic rings. The summed E-state index contributed by atoms with van der Waals surface area (Å²) in [5.74, 6) is 0.384. The maximum absolute atomic E-state index is 12.4. The van der Waals surface area contributed by atoms with E-state index in [0.29, 0.717) is 25.5 Å². The Labute approximate surface area is 141 Å². The highest BCUT2D eigenvalue weighted by molar-refractivity contribution is 5.81. The lowest BCUT2D eigenvalue weighted by atomic mass is 10.1. The average molecular weight is 335 g/mol. The van der Waals surface area contributed by atoms with Gasteiger partial charge in [-0.15, -0.1) is 0 Å². The Balaban J connectivity index is 1.62. The van der Waals surface area contributed by atoms with Crippen LogP contribution in [-0.4, -0.2) is 72.3 Å². The summed E-state index contributed by atoms with van der Waals surface area (Å²) < 4.78 is 7.09. The summed E-state index contributed by atoms with van der Waals surface area (Å²) in [5, 5.41) is 3.07. The fourth-order valence-electron chi connectivity index (χ4n) is 3.22. The molecule has 2 atom stereocenters. The van der Waals surface area contributed by atoms with Crippen LogP contribution in [0, 0.1) is 0 Å². The predicted molar refractivity (Wildman–Crippen MR) is 90.1 cm³/mol. The van der Waals surface area contributed by atoms with Crippen LogP contribution in [0.15, 0.2) is 17.2 Å². The molecule has 8 heteroatoms. The number of nitrogens with one attached hydrogen (secondary N) is 1. The first-order valence-corrected chi connectivity index (χ1v) is 8.41. The number of anilines is 1. The van der Waals surface area contributed by atoms with Crippen molar-refractivity contribution in [1.29, 1.82) is 0 Å². The molecule has 2 saturated heterocycles. The van der Waals surface area contributed by atoms with Gasteiger partial charge in [0.1, 0.15) is 6.10 Å². The molecule has 132 valence electrons. The third-order valence-electron chi connectivity index (χ3n) is 4.63. The second kappa shape index (κ2) is 7.31. The van der Waals surface area contributed by atoms with E-state index in [-0.39, 0.29) is 17.5 Å². The van der Waals surface area contributed by atoms with Gasteiger partial charge in [-0.25, -0.2) is 4.98 Å². The molecule has 1 N–H and O–H groups in total. The smallest absolute Gasteiger partial charge is 0.293 e. The standard InChI is InChI=1S/C16H25N5O3/c1-19-8-9-24-13(11-19)15(22)18-12-4-3-6-21(10-12)14-16(23)20(2)7-5-17-14/h5,7,12-13H,3-4,6,8-11H2,1-2H3,(H,18,22)/t12-,13-/m1/s1. The number of ether oxygens (including phenoxy) is 1. The number of aromatic nitrogens is 2. The zero-order valence-corrected chi connectivity index (χ0v) is 14.3. The van der Waals surface area contributed by atoms with E-state index in [1.165, 1.54) is 4.57 Å². The molecular formula is C16H25N5O3. The van der Waals surface area contributed by atoms with Crippen molar-refractivity contribution < 1.29 is 9.53 Å². The highest BCUT2D eigenvalue weighted by atomic mass is 16.5. The van der Waals surface area contributed by atoms with Gasteiger partial charge in [-0.2, -0.15) is 0 Å². The number of hydrogen-bond acceptors (Lipinski definition) is 6. The molecule has 3 heterocycles. The van der Waals surface area contributed by atoms with E-state index in [1.807, 2.05) is 11.9 Å². The fraction of sp³-hybridized carbons (Fsp3) is 0.688. The van der Waals surface area contributed by atoms with Gasteiger partial charge < -0.3 is 24.4 Å². The quantitative estimate of drug-likeness (QED) is 0.779. The maximum atomic E-state index is 12.4. The molecule has 2 fully saturated rings. The Morgan fingerprint density at radius 3 is 2.96 bits per heavy atom. The van der Waals surface area contributed by atoms with Gasteiger partial charge in [0.15, 0.2) is 5.82 Å². The van der Waals surface area contributed by atoms with Crippen molar-refractivity contribution in [3.63, 3.8) is 0 Å². The Morgan fingerprint density at radius 2 is 2.17 bits per heavy atom. The molecule has 2 aliphatic heterocycles. The van der Waals surface area contributed by atoms with Gasteiger partial charge in [-0.1, -0.05) is 0 Å². The van der Waals surface area contributed by atoms with E-state index in [4.69, 9.17) is 4.74 Å². The summed E-state index contributed by atoms with van der Waals surface area (Å²) in [6.45, 7) is 3.42. The molecule has 8 nitrogen and oxygen atoms in total. The molecule has 1 aromatic rings. The number of piperidine rings is 1. The summed E-state index contributed by atoms with van der Waals surface area (Å²) in [6, 6.07) is 0.00814. The lowest BCUT2D eigenvalue weighted by Gasteiger charge is -2.35. The van der Waals surface area contributed by atoms with Crippen LogP contribution in [0.5, 0.6) is 0 Å². The lowest BCUT2D eigenvalue weighted by Crippen LogP contribution is -2.54. The number of carbonyl (C=O) groups excluding carboxylic acids is 1. The van der Waals surface area contributed by atoms with E-state index >= 15 is 0 Å². The molecule has 0 bridgehead atoms. The summed E-state index contributed by atoms with van der Waals surface area (Å²) >= 11 is 0. The first-order chi connectivity index (χ1) is 11.5. The van der Waals surface area contributed by atoms with Gasteiger partial charge in [-0.3, -0.25) is 9.59 Å². The SMILES string of the molecule is CN1CCO[C@@H](C(=O)N[C@@H]2CCCN(c3nccn(C)c3=O)C2)C1. The average Bonchev–Trinajstić information content (AvgIpc) is 2.57. The molecule has 0 saturated carbocycles. The third-order valence-corrected chi connectivity index (χ3v) is 4.63. The van der Waals surface area contributed by atoms with Crippen molar-refractivity contribution in [2.24, 2.45) is 7.05 Å². The van der Waals surface area contributed by atoms with Crippen molar-refractivity contribution in [3.8, 4) is 0 Å². The van der Waals surface area contributed by atoms with Crippen LogP contribution >= 0.6 is 0 Å². The number of amides is 1. The van der Waals surface area contributed by atoms with Crippen molar-refractivity contribution in [2.75, 3.05) is 44.7 Å². The fourth-order valence-corrected chi connectivity index (χ4v) is 3.22. The van der Waals surface area contributed by atoms with E-state index in [9.17, 15) is 9.59 Å². The molecule has 3 rings (SSSR count). The first-order valence-electron chi connectivity index (χ1n) is 8.41. The number of nitrogens with zero attached hydrogens (tertiary/aromatic N) is 4. The van der Waals surface area contributed by atoms with Crippen molar-refractivity contribution in [1.82, 2.24) is 19.8 Å². The molecule has 0 aliphatic carbocycles. The second-order valence-corrected chi connectivity index (χ2v) is 6.58. The lowest BCUT2D eigenvalue weighted by molar-refractivity contribution is -0.138. The van der Waals surface area contributed by atoms with Crippen LogP contribution in [0.3, 0.4) is 0 Å². The Morgan fingerprint density at radius 1 is 1.33 bits per heavy atom. The number of likely N-dealkylation sites (N-methyl/N-ethyl adjacent to an activating group) is 1. The number of carbonyl (C=O) groups is 1. The first kappa shape index (κ1) is 16.9. The zero-order valence-electron chi connectivity index (χ0n) is 14.3. The maximum Gasteiger partial charge on any atom is 0.293 e. The molecule has 0 unspecified atom stereocenters. The van der Waals surface area contributed by atoms with Crippen LogP contribution in [0.2, 0.25) is 0 Å². The van der Waals surface area contributed by atoms with Crippen molar-refractivity contribution in [2.45, 2.75) is 25.0 Å². The van der Waals surface area contributed by atoms with Gasteiger partial charge in [0.2, 0.25) is 0 Å². The van der Waals surface area contributed by atoms with Crippen LogP contribution in [0.1, 0.15) is 12.8 Å². The molecule has 0 radical (unpaired) electrons. The summed E-state index contributed by atoms with van der Waals surface area (Å²) in [6.07, 6.45) is 4.67. The zero-order chi connectivity index (χ0) is 17.1. The minimum absolute atomic E-state index is 0.00814. The van der Waals surface area contributed by atoms with Gasteiger partial charge >= 0.3 is 0 Å². The van der Waals surface area contributed by atoms with Gasteiger partial charge in [0, 0.05) is 51.7 Å². The molecule has 24 heavy (non-hydrogen) atoms. The largest absolute Gasteiger partial charge is 0.366 e. The van der Waals surface area contributed by atoms with Crippen molar-refractivity contribution >= 4 is 11.7 Å². The summed E-state index contributed by atoms with van der Waals surface area (Å²) in [5.41, 5.74) is -0.110. The van der Waals surface area contributed by atoms with E-state index in [1.54, 1.807) is 19.4 Å². The molecule has 0 aromatic carbocycles. The van der Waals surface area contributed by atoms with Gasteiger partial charge in [0.25, 0.3) is 11.5 Å². The van der Waals surface area contributed by atoms with Crippen LogP contribution in [0.25, 0.3) is 0 Å². The number of rotatable bonds is 3. The number of morpholine rings is 1.